The Bertz CT molecular complexity index is 967. The van der Waals surface area contributed by atoms with Crippen molar-refractivity contribution in [2.24, 2.45) is 0 Å². The first kappa shape index (κ1) is 19.4. The van der Waals surface area contributed by atoms with Crippen LogP contribution in [0.15, 0.2) is 66.3 Å². The molecule has 0 aliphatic carbocycles. The van der Waals surface area contributed by atoms with Gasteiger partial charge in [0, 0.05) is 47.5 Å². The lowest BCUT2D eigenvalue weighted by Gasteiger charge is -2.16. The van der Waals surface area contributed by atoms with Crippen LogP contribution in [0.5, 0.6) is 0 Å². The molecule has 0 radical (unpaired) electrons. The maximum absolute atomic E-state index is 13.1. The van der Waals surface area contributed by atoms with Gasteiger partial charge in [0.2, 0.25) is 5.70 Å². The first-order valence-electron chi connectivity index (χ1n) is 8.17. The largest absolute Gasteiger partial charge is 0.867 e. The van der Waals surface area contributed by atoms with Gasteiger partial charge in [0.05, 0.1) is 0 Å². The summed E-state index contributed by atoms with van der Waals surface area (Å²) in [6.45, 7) is 0. The summed E-state index contributed by atoms with van der Waals surface area (Å²) in [5, 5.41) is 18.7. The van der Waals surface area contributed by atoms with Gasteiger partial charge in [-0.15, -0.1) is 11.3 Å². The van der Waals surface area contributed by atoms with Gasteiger partial charge in [0.15, 0.2) is 17.4 Å². The normalized spacial score (nSPS) is 11.7. The molecule has 0 atom stereocenters. The van der Waals surface area contributed by atoms with Crippen molar-refractivity contribution in [2.45, 2.75) is 0 Å². The fourth-order valence-electron chi connectivity index (χ4n) is 2.48. The van der Waals surface area contributed by atoms with Crippen LogP contribution in [0.1, 0.15) is 4.88 Å². The molecular weight excluding hydrogens is 398 g/mol. The van der Waals surface area contributed by atoms with Crippen molar-refractivity contribution in [2.75, 3.05) is 24.3 Å². The first-order chi connectivity index (χ1) is 13.0. The highest BCUT2D eigenvalue weighted by molar-refractivity contribution is 7.81. The molecular formula is C20H18ClN3OS2. The predicted molar refractivity (Wildman–Crippen MR) is 116 cm³/mol. The van der Waals surface area contributed by atoms with Crippen molar-refractivity contribution >= 4 is 63.0 Å². The SMILES string of the molecule is CN(C)c1cc[n+](C(C(=S)Nc2cccc(Cl)c2)=C([O-])c2cccs2)cc1. The van der Waals surface area contributed by atoms with Gasteiger partial charge in [0.25, 0.3) is 0 Å². The van der Waals surface area contributed by atoms with Gasteiger partial charge >= 0.3 is 0 Å². The van der Waals surface area contributed by atoms with Crippen molar-refractivity contribution in [1.82, 2.24) is 0 Å². The van der Waals surface area contributed by atoms with Crippen LogP contribution in [0.4, 0.5) is 11.4 Å². The van der Waals surface area contributed by atoms with Crippen molar-refractivity contribution < 1.29 is 9.67 Å². The quantitative estimate of drug-likeness (QED) is 0.297. The lowest BCUT2D eigenvalue weighted by atomic mass is 10.2. The predicted octanol–water partition coefficient (Wildman–Crippen LogP) is 3.88. The maximum Gasteiger partial charge on any atom is 0.239 e. The van der Waals surface area contributed by atoms with Crippen LogP contribution in [0.2, 0.25) is 5.02 Å². The van der Waals surface area contributed by atoms with Crippen LogP contribution in [-0.2, 0) is 0 Å². The van der Waals surface area contributed by atoms with E-state index in [1.54, 1.807) is 22.8 Å². The van der Waals surface area contributed by atoms with Crippen LogP contribution in [0.3, 0.4) is 0 Å². The van der Waals surface area contributed by atoms with Crippen molar-refractivity contribution in [3.63, 3.8) is 0 Å². The molecule has 0 amide bonds. The molecule has 0 bridgehead atoms. The fourth-order valence-corrected chi connectivity index (χ4v) is 3.66. The molecule has 138 valence electrons. The Labute approximate surface area is 173 Å². The van der Waals surface area contributed by atoms with Gasteiger partial charge in [-0.25, -0.2) is 0 Å². The van der Waals surface area contributed by atoms with E-state index < -0.39 is 0 Å². The number of aromatic nitrogens is 1. The van der Waals surface area contributed by atoms with E-state index in [1.807, 2.05) is 67.1 Å². The molecule has 0 aliphatic rings. The summed E-state index contributed by atoms with van der Waals surface area (Å²) >= 11 is 13.0. The molecule has 27 heavy (non-hydrogen) atoms. The van der Waals surface area contributed by atoms with E-state index in [0.29, 0.717) is 20.6 Å². The molecule has 1 N–H and O–H groups in total. The Kier molecular flexibility index (Phi) is 6.11. The monoisotopic (exact) mass is 415 g/mol. The molecule has 0 saturated heterocycles. The van der Waals surface area contributed by atoms with E-state index in [-0.39, 0.29) is 5.76 Å². The zero-order valence-corrected chi connectivity index (χ0v) is 17.2. The Morgan fingerprint density at radius 1 is 1.15 bits per heavy atom. The Balaban J connectivity index is 2.02. The molecule has 4 nitrogen and oxygen atoms in total. The van der Waals surface area contributed by atoms with Gasteiger partial charge in [-0.05, 0) is 35.4 Å². The third-order valence-electron chi connectivity index (χ3n) is 3.84. The molecule has 2 aromatic heterocycles. The first-order valence-corrected chi connectivity index (χ1v) is 9.83. The molecule has 0 spiro atoms. The van der Waals surface area contributed by atoms with Gasteiger partial charge in [-0.1, -0.05) is 36.0 Å². The Morgan fingerprint density at radius 2 is 1.89 bits per heavy atom. The van der Waals surface area contributed by atoms with Crippen molar-refractivity contribution in [3.05, 3.63) is 76.2 Å². The second-order valence-electron chi connectivity index (χ2n) is 5.98. The number of halogens is 1. The topological polar surface area (TPSA) is 42.2 Å². The van der Waals surface area contributed by atoms with Crippen molar-refractivity contribution in [3.8, 4) is 0 Å². The number of nitrogens with one attached hydrogen (secondary N) is 1. The minimum Gasteiger partial charge on any atom is -0.867 e. The molecule has 2 heterocycles. The van der Waals surface area contributed by atoms with Crippen LogP contribution in [0, 0.1) is 0 Å². The maximum atomic E-state index is 13.1. The summed E-state index contributed by atoms with van der Waals surface area (Å²) in [6.07, 6.45) is 3.67. The average Bonchev–Trinajstić information content (AvgIpc) is 3.17. The zero-order valence-electron chi connectivity index (χ0n) is 14.8. The van der Waals surface area contributed by atoms with Gasteiger partial charge < -0.3 is 15.3 Å². The highest BCUT2D eigenvalue weighted by Gasteiger charge is 2.19. The zero-order chi connectivity index (χ0) is 19.4. The third-order valence-corrected chi connectivity index (χ3v) is 5.24. The number of thiophene rings is 1. The van der Waals surface area contributed by atoms with Crippen LogP contribution in [0.25, 0.3) is 11.5 Å². The summed E-state index contributed by atoms with van der Waals surface area (Å²) in [5.41, 5.74) is 2.15. The molecule has 0 fully saturated rings. The van der Waals surface area contributed by atoms with Gasteiger partial charge in [0.1, 0.15) is 0 Å². The second-order valence-corrected chi connectivity index (χ2v) is 7.77. The molecule has 1 aromatic carbocycles. The minimum atomic E-state index is -0.132. The summed E-state index contributed by atoms with van der Waals surface area (Å²) < 4.78 is 1.74. The summed E-state index contributed by atoms with van der Waals surface area (Å²) in [5.74, 6) is -0.132. The van der Waals surface area contributed by atoms with E-state index in [0.717, 1.165) is 11.4 Å². The molecule has 3 rings (SSSR count). The number of hydrogen-bond acceptors (Lipinski definition) is 4. The highest BCUT2D eigenvalue weighted by Crippen LogP contribution is 2.22. The van der Waals surface area contributed by atoms with Crippen LogP contribution >= 0.6 is 35.2 Å². The lowest BCUT2D eigenvalue weighted by Crippen LogP contribution is -2.40. The van der Waals surface area contributed by atoms with E-state index in [1.165, 1.54) is 11.3 Å². The van der Waals surface area contributed by atoms with E-state index in [9.17, 15) is 5.11 Å². The van der Waals surface area contributed by atoms with E-state index >= 15 is 0 Å². The number of rotatable bonds is 5. The number of nitrogens with zero attached hydrogens (tertiary/aromatic N) is 2. The lowest BCUT2D eigenvalue weighted by molar-refractivity contribution is -0.577. The highest BCUT2D eigenvalue weighted by atomic mass is 35.5. The molecule has 7 heteroatoms. The molecule has 0 unspecified atom stereocenters. The van der Waals surface area contributed by atoms with Gasteiger partial charge in [-0.3, -0.25) is 0 Å². The van der Waals surface area contributed by atoms with Crippen LogP contribution in [-0.4, -0.2) is 19.1 Å². The van der Waals surface area contributed by atoms with Gasteiger partial charge in [-0.2, -0.15) is 4.57 Å². The molecule has 0 aliphatic heterocycles. The number of thiocarbonyl (C=S) groups is 1. The number of hydrogen-bond donors (Lipinski definition) is 1. The Hall–Kier alpha value is -2.41. The molecule has 3 aromatic rings. The average molecular weight is 416 g/mol. The molecule has 0 saturated carbocycles. The fraction of sp³-hybridized carbons (Fsp3) is 0.100. The third kappa shape index (κ3) is 4.66. The number of pyridine rings is 1. The number of anilines is 2. The second kappa shape index (κ2) is 8.52. The summed E-state index contributed by atoms with van der Waals surface area (Å²) in [4.78, 5) is 2.95. The summed E-state index contributed by atoms with van der Waals surface area (Å²) in [6, 6.07) is 14.7. The van der Waals surface area contributed by atoms with Crippen molar-refractivity contribution in [1.29, 1.82) is 0 Å². The smallest absolute Gasteiger partial charge is 0.239 e. The van der Waals surface area contributed by atoms with E-state index in [2.05, 4.69) is 5.32 Å². The van der Waals surface area contributed by atoms with Crippen LogP contribution < -0.4 is 19.9 Å². The standard InChI is InChI=1S/C20H18ClN3OS2/c1-23(2)16-8-10-24(11-9-16)18(19(25)17-7-4-12-27-17)20(26)22-15-6-3-5-14(21)13-15/h3-13H,1-2H3,(H-,22,25,26). The Morgan fingerprint density at radius 3 is 2.48 bits per heavy atom. The summed E-state index contributed by atoms with van der Waals surface area (Å²) in [7, 11) is 3.93. The minimum absolute atomic E-state index is 0.132. The number of benzene rings is 1. The van der Waals surface area contributed by atoms with E-state index in [4.69, 9.17) is 23.8 Å².